The molecule has 0 aliphatic carbocycles. The van der Waals surface area contributed by atoms with E-state index in [4.69, 9.17) is 9.47 Å². The molecule has 0 aromatic heterocycles. The summed E-state index contributed by atoms with van der Waals surface area (Å²) in [5.41, 5.74) is 0. The second kappa shape index (κ2) is 54.2. The molecule has 0 aliphatic heterocycles. The molecular weight excluding hydrogens is 777 g/mol. The van der Waals surface area contributed by atoms with Crippen LogP contribution in [0, 0.1) is 0 Å². The fourth-order valence-electron chi connectivity index (χ4n) is 8.15. The highest BCUT2D eigenvalue weighted by molar-refractivity contribution is 5.70. The van der Waals surface area contributed by atoms with E-state index >= 15 is 0 Å². The van der Waals surface area contributed by atoms with Crippen molar-refractivity contribution in [3.8, 4) is 0 Å². The summed E-state index contributed by atoms with van der Waals surface area (Å²) in [6.07, 6.45) is 70.8. The van der Waals surface area contributed by atoms with Crippen molar-refractivity contribution >= 4 is 11.9 Å². The Morgan fingerprint density at radius 2 is 0.635 bits per heavy atom. The zero-order chi connectivity index (χ0) is 45.6. The van der Waals surface area contributed by atoms with E-state index < -0.39 is 6.10 Å². The van der Waals surface area contributed by atoms with Gasteiger partial charge in [-0.25, -0.2) is 0 Å². The molecule has 0 heterocycles. The van der Waals surface area contributed by atoms with Crippen LogP contribution in [0.15, 0.2) is 48.6 Å². The SMILES string of the molecule is CCCCCC/C=C\C/C=C\CCCCCCCCCC(=O)OCC(CO)OC(=O)CCCCCCCCCCCCCCCCCCCCC/C=C\C/C=C\CCCCCCC. The van der Waals surface area contributed by atoms with E-state index in [-0.39, 0.29) is 25.2 Å². The second-order valence-electron chi connectivity index (χ2n) is 18.7. The van der Waals surface area contributed by atoms with Gasteiger partial charge in [-0.1, -0.05) is 249 Å². The van der Waals surface area contributed by atoms with E-state index in [1.165, 1.54) is 212 Å². The average Bonchev–Trinajstić information content (AvgIpc) is 3.29. The van der Waals surface area contributed by atoms with Gasteiger partial charge < -0.3 is 14.6 Å². The van der Waals surface area contributed by atoms with Crippen molar-refractivity contribution in [1.29, 1.82) is 0 Å². The minimum atomic E-state index is -0.775. The average molecular weight is 883 g/mol. The third-order valence-electron chi connectivity index (χ3n) is 12.3. The maximum absolute atomic E-state index is 12.3. The van der Waals surface area contributed by atoms with Gasteiger partial charge in [-0.05, 0) is 77.0 Å². The van der Waals surface area contributed by atoms with Crippen molar-refractivity contribution in [2.24, 2.45) is 0 Å². The Morgan fingerprint density at radius 3 is 0.952 bits per heavy atom. The van der Waals surface area contributed by atoms with Crippen LogP contribution in [0.5, 0.6) is 0 Å². The van der Waals surface area contributed by atoms with Crippen LogP contribution in [-0.2, 0) is 19.1 Å². The smallest absolute Gasteiger partial charge is 0.306 e. The summed E-state index contributed by atoms with van der Waals surface area (Å²) in [7, 11) is 0. The molecule has 1 atom stereocenters. The van der Waals surface area contributed by atoms with Crippen molar-refractivity contribution in [2.45, 2.75) is 296 Å². The summed E-state index contributed by atoms with van der Waals surface area (Å²) in [5, 5.41) is 9.64. The first-order chi connectivity index (χ1) is 31.1. The Morgan fingerprint density at radius 1 is 0.365 bits per heavy atom. The van der Waals surface area contributed by atoms with E-state index in [1.54, 1.807) is 0 Å². The lowest BCUT2D eigenvalue weighted by molar-refractivity contribution is -0.161. The van der Waals surface area contributed by atoms with Crippen LogP contribution in [0.1, 0.15) is 290 Å². The Labute approximate surface area is 392 Å². The monoisotopic (exact) mass is 883 g/mol. The number of hydrogen-bond donors (Lipinski definition) is 1. The molecule has 0 aromatic carbocycles. The summed E-state index contributed by atoms with van der Waals surface area (Å²) in [5.74, 6) is -0.588. The lowest BCUT2D eigenvalue weighted by Crippen LogP contribution is -2.28. The number of hydrogen-bond acceptors (Lipinski definition) is 5. The predicted molar refractivity (Wildman–Crippen MR) is 274 cm³/mol. The molecule has 0 saturated heterocycles. The molecule has 0 spiro atoms. The van der Waals surface area contributed by atoms with E-state index in [9.17, 15) is 14.7 Å². The van der Waals surface area contributed by atoms with Crippen molar-refractivity contribution in [3.05, 3.63) is 48.6 Å². The van der Waals surface area contributed by atoms with Crippen LogP contribution < -0.4 is 0 Å². The molecule has 1 unspecified atom stereocenters. The zero-order valence-corrected chi connectivity index (χ0v) is 42.1. The molecule has 0 fully saturated rings. The summed E-state index contributed by atoms with van der Waals surface area (Å²) < 4.78 is 10.7. The van der Waals surface area contributed by atoms with Crippen LogP contribution in [0.3, 0.4) is 0 Å². The van der Waals surface area contributed by atoms with Crippen LogP contribution in [0.25, 0.3) is 0 Å². The Hall–Kier alpha value is -2.14. The highest BCUT2D eigenvalue weighted by Gasteiger charge is 2.16. The van der Waals surface area contributed by atoms with Crippen molar-refractivity contribution in [2.75, 3.05) is 13.2 Å². The summed E-state index contributed by atoms with van der Waals surface area (Å²) in [6.45, 7) is 4.14. The first kappa shape index (κ1) is 60.9. The van der Waals surface area contributed by atoms with Gasteiger partial charge in [0.15, 0.2) is 6.10 Å². The normalized spacial score (nSPS) is 12.5. The number of ether oxygens (including phenoxy) is 2. The molecule has 0 aliphatic rings. The minimum Gasteiger partial charge on any atom is -0.462 e. The number of rotatable bonds is 51. The molecule has 5 nitrogen and oxygen atoms in total. The van der Waals surface area contributed by atoms with Crippen LogP contribution in [-0.4, -0.2) is 36.4 Å². The lowest BCUT2D eigenvalue weighted by Gasteiger charge is -2.15. The van der Waals surface area contributed by atoms with Gasteiger partial charge in [0.1, 0.15) is 6.61 Å². The molecule has 0 rings (SSSR count). The second-order valence-corrected chi connectivity index (χ2v) is 18.7. The molecular formula is C58H106O5. The fourth-order valence-corrected chi connectivity index (χ4v) is 8.15. The Kier molecular flexibility index (Phi) is 52.4. The van der Waals surface area contributed by atoms with Crippen LogP contribution >= 0.6 is 0 Å². The standard InChI is InChI=1S/C58H106O5/c1-3-5-7-9-11-13-15-17-19-21-23-24-25-26-27-28-29-30-31-32-33-34-35-37-39-41-43-45-47-49-51-53-58(61)63-56(54-59)55-62-57(60)52-50-48-46-44-42-40-38-36-22-20-18-16-14-12-10-8-6-4-2/h14-17,20-23,56,59H,3-13,18-19,24-55H2,1-2H3/b16-14-,17-15-,22-20-,23-21-. The van der Waals surface area contributed by atoms with Crippen molar-refractivity contribution in [3.63, 3.8) is 0 Å². The highest BCUT2D eigenvalue weighted by atomic mass is 16.6. The van der Waals surface area contributed by atoms with Gasteiger partial charge in [-0.15, -0.1) is 0 Å². The van der Waals surface area contributed by atoms with E-state index in [0.29, 0.717) is 12.8 Å². The number of carbonyl (C=O) groups excluding carboxylic acids is 2. The maximum atomic E-state index is 12.3. The predicted octanol–water partition coefficient (Wildman–Crippen LogP) is 18.5. The molecule has 0 amide bonds. The number of aliphatic hydroxyl groups is 1. The topological polar surface area (TPSA) is 72.8 Å². The third-order valence-corrected chi connectivity index (χ3v) is 12.3. The molecule has 0 bridgehead atoms. The fraction of sp³-hybridized carbons (Fsp3) is 0.828. The molecule has 63 heavy (non-hydrogen) atoms. The molecule has 0 radical (unpaired) electrons. The minimum absolute atomic E-state index is 0.0676. The Bertz CT molecular complexity index is 1040. The lowest BCUT2D eigenvalue weighted by atomic mass is 10.0. The molecule has 0 saturated carbocycles. The number of esters is 2. The van der Waals surface area contributed by atoms with Crippen molar-refractivity contribution in [1.82, 2.24) is 0 Å². The maximum Gasteiger partial charge on any atom is 0.306 e. The van der Waals surface area contributed by atoms with Crippen molar-refractivity contribution < 1.29 is 24.2 Å². The first-order valence-corrected chi connectivity index (χ1v) is 27.7. The zero-order valence-electron chi connectivity index (χ0n) is 42.1. The van der Waals surface area contributed by atoms with Gasteiger partial charge in [0.25, 0.3) is 0 Å². The van der Waals surface area contributed by atoms with Crippen LogP contribution in [0.2, 0.25) is 0 Å². The number of unbranched alkanes of at least 4 members (excludes halogenated alkanes) is 35. The quantitative estimate of drug-likeness (QED) is 0.0374. The summed E-state index contributed by atoms with van der Waals surface area (Å²) >= 11 is 0. The molecule has 0 aromatic rings. The van der Waals surface area contributed by atoms with E-state index in [2.05, 4.69) is 62.5 Å². The van der Waals surface area contributed by atoms with Crippen LogP contribution in [0.4, 0.5) is 0 Å². The van der Waals surface area contributed by atoms with Gasteiger partial charge in [0.2, 0.25) is 0 Å². The summed E-state index contributed by atoms with van der Waals surface area (Å²) in [6, 6.07) is 0. The number of allylic oxidation sites excluding steroid dienone is 8. The van der Waals surface area contributed by atoms with Gasteiger partial charge in [-0.2, -0.15) is 0 Å². The number of aliphatic hydroxyl groups excluding tert-OH is 1. The van der Waals surface area contributed by atoms with Gasteiger partial charge >= 0.3 is 11.9 Å². The van der Waals surface area contributed by atoms with E-state index in [1.807, 2.05) is 0 Å². The number of carbonyl (C=O) groups is 2. The molecule has 5 heteroatoms. The molecule has 368 valence electrons. The largest absolute Gasteiger partial charge is 0.462 e. The third kappa shape index (κ3) is 52.4. The first-order valence-electron chi connectivity index (χ1n) is 27.7. The molecule has 1 N–H and O–H groups in total. The Balaban J connectivity index is 3.44. The van der Waals surface area contributed by atoms with E-state index in [0.717, 1.165) is 51.4 Å². The van der Waals surface area contributed by atoms with Gasteiger partial charge in [0.05, 0.1) is 6.61 Å². The van der Waals surface area contributed by atoms with Gasteiger partial charge in [-0.3, -0.25) is 9.59 Å². The van der Waals surface area contributed by atoms with Gasteiger partial charge in [0, 0.05) is 12.8 Å². The summed E-state index contributed by atoms with van der Waals surface area (Å²) in [4.78, 5) is 24.5. The highest BCUT2D eigenvalue weighted by Crippen LogP contribution is 2.16.